The largest absolute Gasteiger partial charge is 0.493 e. The van der Waals surface area contributed by atoms with Crippen LogP contribution in [0.2, 0.25) is 0 Å². The average molecular weight is 400 g/mol. The molecule has 0 saturated heterocycles. The lowest BCUT2D eigenvalue weighted by Gasteiger charge is -2.12. The zero-order chi connectivity index (χ0) is 17.7. The standard InChI is InChI=1S/C16H12BrF2NO4/c1-23-14-6-11(17)9(7-21)4-15(14)24-8-16(22)20-10-2-3-12(18)13(19)5-10/h2-7H,8H2,1H3,(H,20,22). The van der Waals surface area contributed by atoms with Gasteiger partial charge in [0.25, 0.3) is 5.91 Å². The van der Waals surface area contributed by atoms with Crippen LogP contribution in [0.25, 0.3) is 0 Å². The second-order valence-electron chi connectivity index (χ2n) is 4.61. The molecule has 5 nitrogen and oxygen atoms in total. The molecule has 0 spiro atoms. The highest BCUT2D eigenvalue weighted by Gasteiger charge is 2.12. The van der Waals surface area contributed by atoms with Gasteiger partial charge in [0.05, 0.1) is 7.11 Å². The molecule has 0 aliphatic carbocycles. The van der Waals surface area contributed by atoms with E-state index in [0.29, 0.717) is 22.1 Å². The van der Waals surface area contributed by atoms with E-state index >= 15 is 0 Å². The molecule has 0 unspecified atom stereocenters. The third kappa shape index (κ3) is 4.29. The van der Waals surface area contributed by atoms with Crippen LogP contribution in [-0.4, -0.2) is 25.9 Å². The van der Waals surface area contributed by atoms with Crippen LogP contribution in [0.5, 0.6) is 11.5 Å². The fourth-order valence-electron chi connectivity index (χ4n) is 1.83. The number of nitrogens with one attached hydrogen (secondary N) is 1. The molecule has 0 heterocycles. The van der Waals surface area contributed by atoms with Gasteiger partial charge in [-0.15, -0.1) is 0 Å². The lowest BCUT2D eigenvalue weighted by Crippen LogP contribution is -2.20. The molecule has 0 aromatic heterocycles. The molecule has 0 fully saturated rings. The molecule has 0 saturated carbocycles. The fourth-order valence-corrected chi connectivity index (χ4v) is 2.24. The molecule has 1 N–H and O–H groups in total. The van der Waals surface area contributed by atoms with Crippen molar-refractivity contribution in [2.24, 2.45) is 0 Å². The Balaban J connectivity index is 2.05. The van der Waals surface area contributed by atoms with Crippen LogP contribution in [0.4, 0.5) is 14.5 Å². The molecular formula is C16H12BrF2NO4. The van der Waals surface area contributed by atoms with Gasteiger partial charge in [0.1, 0.15) is 0 Å². The summed E-state index contributed by atoms with van der Waals surface area (Å²) in [6.07, 6.45) is 0.623. The van der Waals surface area contributed by atoms with Gasteiger partial charge in [-0.2, -0.15) is 0 Å². The van der Waals surface area contributed by atoms with E-state index in [9.17, 15) is 18.4 Å². The second-order valence-corrected chi connectivity index (χ2v) is 5.46. The van der Waals surface area contributed by atoms with Crippen molar-refractivity contribution in [3.63, 3.8) is 0 Å². The summed E-state index contributed by atoms with van der Waals surface area (Å²) in [5.41, 5.74) is 0.422. The Kier molecular flexibility index (Phi) is 5.86. The Morgan fingerprint density at radius 1 is 1.21 bits per heavy atom. The molecule has 2 rings (SSSR count). The van der Waals surface area contributed by atoms with Crippen molar-refractivity contribution in [2.75, 3.05) is 19.0 Å². The van der Waals surface area contributed by atoms with Gasteiger partial charge in [0, 0.05) is 21.8 Å². The monoisotopic (exact) mass is 399 g/mol. The van der Waals surface area contributed by atoms with E-state index in [1.807, 2.05) is 0 Å². The molecule has 8 heteroatoms. The molecule has 24 heavy (non-hydrogen) atoms. The van der Waals surface area contributed by atoms with E-state index in [-0.39, 0.29) is 11.4 Å². The van der Waals surface area contributed by atoms with Crippen molar-refractivity contribution in [1.29, 1.82) is 0 Å². The average Bonchev–Trinajstić information content (AvgIpc) is 2.56. The van der Waals surface area contributed by atoms with Crippen LogP contribution in [0.3, 0.4) is 0 Å². The predicted molar refractivity (Wildman–Crippen MR) is 86.6 cm³/mol. The Hall–Kier alpha value is -2.48. The molecule has 0 aliphatic rings. The number of carbonyl (C=O) groups is 2. The van der Waals surface area contributed by atoms with E-state index in [1.54, 1.807) is 0 Å². The summed E-state index contributed by atoms with van der Waals surface area (Å²) in [5, 5.41) is 2.37. The number of carbonyl (C=O) groups excluding carboxylic acids is 2. The van der Waals surface area contributed by atoms with Gasteiger partial charge in [0.15, 0.2) is 36.0 Å². The summed E-state index contributed by atoms with van der Waals surface area (Å²) in [4.78, 5) is 22.8. The molecular weight excluding hydrogens is 388 g/mol. The number of anilines is 1. The van der Waals surface area contributed by atoms with Crippen molar-refractivity contribution < 1.29 is 27.8 Å². The van der Waals surface area contributed by atoms with E-state index < -0.39 is 24.1 Å². The van der Waals surface area contributed by atoms with Crippen molar-refractivity contribution in [2.45, 2.75) is 0 Å². The fraction of sp³-hybridized carbons (Fsp3) is 0.125. The number of hydrogen-bond acceptors (Lipinski definition) is 4. The Bertz CT molecular complexity index is 783. The van der Waals surface area contributed by atoms with Gasteiger partial charge in [-0.05, 0) is 40.2 Å². The minimum atomic E-state index is -1.07. The SMILES string of the molecule is COc1cc(Br)c(C=O)cc1OCC(=O)Nc1ccc(F)c(F)c1. The Morgan fingerprint density at radius 2 is 1.96 bits per heavy atom. The number of benzene rings is 2. The topological polar surface area (TPSA) is 64.6 Å². The molecule has 1 amide bonds. The van der Waals surface area contributed by atoms with E-state index in [4.69, 9.17) is 9.47 Å². The predicted octanol–water partition coefficient (Wildman–Crippen LogP) is 3.57. The molecule has 126 valence electrons. The van der Waals surface area contributed by atoms with Crippen LogP contribution in [0, 0.1) is 11.6 Å². The number of hydrogen-bond donors (Lipinski definition) is 1. The van der Waals surface area contributed by atoms with Gasteiger partial charge in [-0.25, -0.2) is 8.78 Å². The summed E-state index contributed by atoms with van der Waals surface area (Å²) in [7, 11) is 1.41. The lowest BCUT2D eigenvalue weighted by molar-refractivity contribution is -0.118. The molecule has 0 atom stereocenters. The van der Waals surface area contributed by atoms with E-state index in [2.05, 4.69) is 21.2 Å². The van der Waals surface area contributed by atoms with Gasteiger partial charge < -0.3 is 14.8 Å². The molecule has 2 aromatic rings. The summed E-state index contributed by atoms with van der Waals surface area (Å²) < 4.78 is 36.9. The quantitative estimate of drug-likeness (QED) is 0.754. The second kappa shape index (κ2) is 7.87. The smallest absolute Gasteiger partial charge is 0.262 e. The van der Waals surface area contributed by atoms with Gasteiger partial charge in [-0.3, -0.25) is 9.59 Å². The summed E-state index contributed by atoms with van der Waals surface area (Å²) in [6, 6.07) is 5.94. The third-order valence-corrected chi connectivity index (χ3v) is 3.66. The normalized spacial score (nSPS) is 10.2. The maximum atomic E-state index is 13.1. The van der Waals surface area contributed by atoms with E-state index in [0.717, 1.165) is 12.1 Å². The maximum Gasteiger partial charge on any atom is 0.262 e. The minimum Gasteiger partial charge on any atom is -0.493 e. The molecule has 2 aromatic carbocycles. The number of aldehydes is 1. The zero-order valence-electron chi connectivity index (χ0n) is 12.4. The number of ether oxygens (including phenoxy) is 2. The van der Waals surface area contributed by atoms with Crippen molar-refractivity contribution in [3.8, 4) is 11.5 Å². The van der Waals surface area contributed by atoms with Crippen LogP contribution in [0.15, 0.2) is 34.8 Å². The Labute approximate surface area is 144 Å². The summed E-state index contributed by atoms with van der Waals surface area (Å²) in [5.74, 6) is -2.14. The summed E-state index contributed by atoms with van der Waals surface area (Å²) in [6.45, 7) is -0.407. The number of methoxy groups -OCH3 is 1. The number of rotatable bonds is 6. The summed E-state index contributed by atoms with van der Waals surface area (Å²) >= 11 is 3.21. The first-order chi connectivity index (χ1) is 11.4. The first kappa shape index (κ1) is 17.9. The maximum absolute atomic E-state index is 13.1. The van der Waals surface area contributed by atoms with Crippen LogP contribution >= 0.6 is 15.9 Å². The van der Waals surface area contributed by atoms with Gasteiger partial charge >= 0.3 is 0 Å². The highest BCUT2D eigenvalue weighted by atomic mass is 79.9. The van der Waals surface area contributed by atoms with Crippen LogP contribution in [-0.2, 0) is 4.79 Å². The highest BCUT2D eigenvalue weighted by molar-refractivity contribution is 9.10. The molecule has 0 aliphatic heterocycles. The van der Waals surface area contributed by atoms with Gasteiger partial charge in [-0.1, -0.05) is 0 Å². The first-order valence-corrected chi connectivity index (χ1v) is 7.44. The minimum absolute atomic E-state index is 0.0962. The van der Waals surface area contributed by atoms with Crippen molar-refractivity contribution in [3.05, 3.63) is 52.0 Å². The molecule has 0 bridgehead atoms. The van der Waals surface area contributed by atoms with E-state index in [1.165, 1.54) is 25.3 Å². The third-order valence-electron chi connectivity index (χ3n) is 2.97. The van der Waals surface area contributed by atoms with Crippen LogP contribution in [0.1, 0.15) is 10.4 Å². The number of halogens is 3. The van der Waals surface area contributed by atoms with Crippen LogP contribution < -0.4 is 14.8 Å². The lowest BCUT2D eigenvalue weighted by atomic mass is 10.2. The molecule has 0 radical (unpaired) electrons. The first-order valence-electron chi connectivity index (χ1n) is 6.65. The van der Waals surface area contributed by atoms with Gasteiger partial charge in [0.2, 0.25) is 0 Å². The number of amides is 1. The highest BCUT2D eigenvalue weighted by Crippen LogP contribution is 2.32. The zero-order valence-corrected chi connectivity index (χ0v) is 14.0. The Morgan fingerprint density at radius 3 is 2.58 bits per heavy atom. The van der Waals surface area contributed by atoms with Crippen molar-refractivity contribution in [1.82, 2.24) is 0 Å². The van der Waals surface area contributed by atoms with Crippen molar-refractivity contribution >= 4 is 33.8 Å².